The van der Waals surface area contributed by atoms with Crippen LogP contribution in [0.5, 0.6) is 0 Å². The minimum absolute atomic E-state index is 0.389. The molecule has 0 fully saturated rings. The van der Waals surface area contributed by atoms with Crippen LogP contribution in [0.4, 0.5) is 0 Å². The van der Waals surface area contributed by atoms with Gasteiger partial charge in [-0.15, -0.1) is 0 Å². The van der Waals surface area contributed by atoms with Gasteiger partial charge < -0.3 is 4.74 Å². The maximum atomic E-state index is 9.84. The Morgan fingerprint density at radius 2 is 1.83 bits per heavy atom. The summed E-state index contributed by atoms with van der Waals surface area (Å²) in [5, 5.41) is 0. The van der Waals surface area contributed by atoms with Crippen LogP contribution in [0, 0.1) is 5.92 Å². The van der Waals surface area contributed by atoms with Crippen molar-refractivity contribution in [3.63, 3.8) is 0 Å². The molecule has 0 aromatic carbocycles. The zero-order valence-electron chi connectivity index (χ0n) is 6.85. The first-order valence-electron chi connectivity index (χ1n) is 4.00. The van der Waals surface area contributed by atoms with Crippen molar-refractivity contribution in [2.24, 2.45) is 5.92 Å². The van der Waals surface area contributed by atoms with Crippen LogP contribution in [0.25, 0.3) is 0 Å². The van der Waals surface area contributed by atoms with E-state index in [0.29, 0.717) is 19.0 Å². The topological polar surface area (TPSA) is 26.3 Å². The molecule has 2 nitrogen and oxygen atoms in total. The summed E-state index contributed by atoms with van der Waals surface area (Å²) >= 11 is 0. The smallest absolute Gasteiger partial charge is 0.293 e. The molecule has 0 bridgehead atoms. The van der Waals surface area contributed by atoms with Crippen LogP contribution in [0.15, 0.2) is 36.5 Å². The van der Waals surface area contributed by atoms with Gasteiger partial charge in [-0.05, 0) is 12.3 Å². The number of hydrogen-bond donors (Lipinski definition) is 0. The third-order valence-corrected chi connectivity index (χ3v) is 1.69. The molecule has 0 aromatic heterocycles. The van der Waals surface area contributed by atoms with Gasteiger partial charge in [0.05, 0.1) is 6.61 Å². The molecular formula is C10H12O2. The minimum Gasteiger partial charge on any atom is -0.468 e. The Balaban J connectivity index is 2.27. The molecule has 0 heterocycles. The van der Waals surface area contributed by atoms with Crippen molar-refractivity contribution in [1.82, 2.24) is 0 Å². The van der Waals surface area contributed by atoms with Crippen LogP contribution < -0.4 is 0 Å². The summed E-state index contributed by atoms with van der Waals surface area (Å²) < 4.78 is 4.61. The number of carbonyl (C=O) groups is 1. The lowest BCUT2D eigenvalue weighted by molar-refractivity contribution is -0.128. The number of ether oxygens (including phenoxy) is 1. The molecule has 64 valence electrons. The third kappa shape index (κ3) is 3.19. The Morgan fingerprint density at radius 3 is 2.42 bits per heavy atom. The number of rotatable bonds is 4. The number of allylic oxidation sites excluding steroid dienone is 6. The van der Waals surface area contributed by atoms with E-state index >= 15 is 0 Å². The molecule has 0 aromatic rings. The fourth-order valence-corrected chi connectivity index (χ4v) is 1.05. The Kier molecular flexibility index (Phi) is 3.92. The van der Waals surface area contributed by atoms with Crippen molar-refractivity contribution in [3.8, 4) is 0 Å². The molecule has 2 heteroatoms. The van der Waals surface area contributed by atoms with Crippen molar-refractivity contribution < 1.29 is 9.53 Å². The first kappa shape index (κ1) is 8.78. The lowest BCUT2D eigenvalue weighted by Gasteiger charge is -2.04. The zero-order chi connectivity index (χ0) is 8.65. The van der Waals surface area contributed by atoms with Gasteiger partial charge in [0.2, 0.25) is 0 Å². The molecule has 0 saturated carbocycles. The van der Waals surface area contributed by atoms with Gasteiger partial charge in [-0.2, -0.15) is 0 Å². The van der Waals surface area contributed by atoms with Crippen LogP contribution in [0.2, 0.25) is 0 Å². The van der Waals surface area contributed by atoms with Crippen molar-refractivity contribution in [1.29, 1.82) is 0 Å². The van der Waals surface area contributed by atoms with E-state index in [-0.39, 0.29) is 0 Å². The monoisotopic (exact) mass is 164 g/mol. The van der Waals surface area contributed by atoms with E-state index in [1.54, 1.807) is 0 Å². The molecular weight excluding hydrogens is 152 g/mol. The average molecular weight is 164 g/mol. The Bertz CT molecular complexity index is 198. The van der Waals surface area contributed by atoms with E-state index in [9.17, 15) is 4.79 Å². The predicted molar refractivity (Wildman–Crippen MR) is 47.5 cm³/mol. The summed E-state index contributed by atoms with van der Waals surface area (Å²) in [5.41, 5.74) is 0. The van der Waals surface area contributed by atoms with Crippen molar-refractivity contribution >= 4 is 6.47 Å². The Labute approximate surface area is 72.2 Å². The summed E-state index contributed by atoms with van der Waals surface area (Å²) in [6, 6.07) is 0. The minimum atomic E-state index is 0.389. The van der Waals surface area contributed by atoms with Gasteiger partial charge in [0.15, 0.2) is 0 Å². The van der Waals surface area contributed by atoms with E-state index in [0.717, 1.165) is 6.42 Å². The van der Waals surface area contributed by atoms with Crippen LogP contribution in [-0.2, 0) is 9.53 Å². The van der Waals surface area contributed by atoms with Crippen LogP contribution >= 0.6 is 0 Å². The molecule has 1 aliphatic carbocycles. The highest BCUT2D eigenvalue weighted by atomic mass is 16.5. The number of hydrogen-bond acceptors (Lipinski definition) is 2. The van der Waals surface area contributed by atoms with Crippen LogP contribution in [0.1, 0.15) is 6.42 Å². The van der Waals surface area contributed by atoms with Crippen molar-refractivity contribution in [3.05, 3.63) is 36.5 Å². The highest BCUT2D eigenvalue weighted by Gasteiger charge is 1.99. The lowest BCUT2D eigenvalue weighted by Crippen LogP contribution is -1.99. The van der Waals surface area contributed by atoms with E-state index < -0.39 is 0 Å². The summed E-state index contributed by atoms with van der Waals surface area (Å²) in [4.78, 5) is 9.84. The first-order chi connectivity index (χ1) is 5.93. The second kappa shape index (κ2) is 5.35. The predicted octanol–water partition coefficient (Wildman–Crippen LogP) is 1.85. The normalized spacial score (nSPS) is 16.0. The molecule has 0 unspecified atom stereocenters. The molecule has 0 spiro atoms. The van der Waals surface area contributed by atoms with Gasteiger partial charge >= 0.3 is 0 Å². The molecule has 0 radical (unpaired) electrons. The zero-order valence-corrected chi connectivity index (χ0v) is 6.85. The summed E-state index contributed by atoms with van der Waals surface area (Å²) in [7, 11) is 0. The highest BCUT2D eigenvalue weighted by Crippen LogP contribution is 2.09. The maximum Gasteiger partial charge on any atom is 0.293 e. The fourth-order valence-electron chi connectivity index (χ4n) is 1.05. The lowest BCUT2D eigenvalue weighted by atomic mass is 10.1. The van der Waals surface area contributed by atoms with Crippen LogP contribution in [0.3, 0.4) is 0 Å². The summed E-state index contributed by atoms with van der Waals surface area (Å²) in [6.07, 6.45) is 13.0. The van der Waals surface area contributed by atoms with Gasteiger partial charge in [-0.3, -0.25) is 4.79 Å². The molecule has 0 amide bonds. The van der Waals surface area contributed by atoms with Gasteiger partial charge in [-0.25, -0.2) is 0 Å². The average Bonchev–Trinajstić information content (AvgIpc) is 2.33. The molecule has 0 atom stereocenters. The largest absolute Gasteiger partial charge is 0.468 e. The summed E-state index contributed by atoms with van der Waals surface area (Å²) in [6.45, 7) is 0.977. The van der Waals surface area contributed by atoms with Gasteiger partial charge in [0.25, 0.3) is 6.47 Å². The maximum absolute atomic E-state index is 9.84. The highest BCUT2D eigenvalue weighted by molar-refractivity contribution is 5.36. The van der Waals surface area contributed by atoms with Gasteiger partial charge in [0, 0.05) is 0 Å². The van der Waals surface area contributed by atoms with Crippen LogP contribution in [-0.4, -0.2) is 13.1 Å². The number of carbonyl (C=O) groups excluding carboxylic acids is 1. The molecule has 1 aliphatic rings. The van der Waals surface area contributed by atoms with Gasteiger partial charge in [-0.1, -0.05) is 36.5 Å². The first-order valence-corrected chi connectivity index (χ1v) is 4.00. The van der Waals surface area contributed by atoms with E-state index in [2.05, 4.69) is 16.9 Å². The standard InChI is InChI=1S/C10H12O2/c11-9-12-8-7-10-5-3-1-2-4-6-10/h1-6,9-10H,7-8H2. The van der Waals surface area contributed by atoms with Crippen molar-refractivity contribution in [2.75, 3.05) is 6.61 Å². The third-order valence-electron chi connectivity index (χ3n) is 1.69. The Hall–Kier alpha value is -1.31. The van der Waals surface area contributed by atoms with E-state index in [1.807, 2.05) is 24.3 Å². The molecule has 12 heavy (non-hydrogen) atoms. The van der Waals surface area contributed by atoms with Crippen molar-refractivity contribution in [2.45, 2.75) is 6.42 Å². The molecule has 0 N–H and O–H groups in total. The van der Waals surface area contributed by atoms with Gasteiger partial charge in [0.1, 0.15) is 0 Å². The van der Waals surface area contributed by atoms with E-state index in [1.165, 1.54) is 0 Å². The molecule has 0 aliphatic heterocycles. The summed E-state index contributed by atoms with van der Waals surface area (Å²) in [5.74, 6) is 0.389. The molecule has 0 saturated heterocycles. The second-order valence-electron chi connectivity index (χ2n) is 2.57. The van der Waals surface area contributed by atoms with E-state index in [4.69, 9.17) is 0 Å². The quantitative estimate of drug-likeness (QED) is 0.468. The molecule has 1 rings (SSSR count). The second-order valence-corrected chi connectivity index (χ2v) is 2.57. The Morgan fingerprint density at radius 1 is 1.17 bits per heavy atom. The SMILES string of the molecule is O=COCCC1C=CC=CC=C1. The fraction of sp³-hybridized carbons (Fsp3) is 0.300.